The van der Waals surface area contributed by atoms with Crippen LogP contribution in [-0.4, -0.2) is 63.5 Å². The maximum absolute atomic E-state index is 13.5. The van der Waals surface area contributed by atoms with Gasteiger partial charge in [0.15, 0.2) is 0 Å². The Morgan fingerprint density at radius 2 is 1.80 bits per heavy atom. The molecule has 266 valence electrons. The van der Waals surface area contributed by atoms with Gasteiger partial charge >= 0.3 is 11.7 Å². The van der Waals surface area contributed by atoms with Crippen LogP contribution in [-0.2, 0) is 37.9 Å². The summed E-state index contributed by atoms with van der Waals surface area (Å²) in [7, 11) is -3.33. The summed E-state index contributed by atoms with van der Waals surface area (Å²) in [6, 6.07) is 9.69. The molecule has 1 atom stereocenters. The number of rotatable bonds is 13. The molecule has 3 heterocycles. The quantitative estimate of drug-likeness (QED) is 0.114. The van der Waals surface area contributed by atoms with Crippen LogP contribution in [0.3, 0.4) is 0 Å². The number of carbonyl (C=O) groups is 1. The lowest BCUT2D eigenvalue weighted by Crippen LogP contribution is -2.27. The van der Waals surface area contributed by atoms with E-state index in [1.807, 2.05) is 4.72 Å². The summed E-state index contributed by atoms with van der Waals surface area (Å²) >= 11 is 0. The number of hydrogen-bond acceptors (Lipinski definition) is 10. The van der Waals surface area contributed by atoms with Gasteiger partial charge in [-0.05, 0) is 57.5 Å². The molecule has 17 heteroatoms. The maximum Gasteiger partial charge on any atom is 0.355 e. The molecule has 0 aliphatic heterocycles. The summed E-state index contributed by atoms with van der Waals surface area (Å²) in [4.78, 5) is 16.3. The molecule has 0 saturated heterocycles. The number of hydrogen-bond donors (Lipinski definition) is 2. The molecule has 13 nitrogen and oxygen atoms in total. The molecule has 5 rings (SSSR count). The number of sulfonamides is 1. The molecular formula is C33H36F3N7O6S. The number of halogens is 3. The Hall–Kier alpha value is -5.16. The molecule has 5 aromatic rings. The predicted molar refractivity (Wildman–Crippen MR) is 180 cm³/mol. The molecule has 0 saturated carbocycles. The van der Waals surface area contributed by atoms with Crippen molar-refractivity contribution in [2.24, 2.45) is 7.05 Å². The second kappa shape index (κ2) is 14.4. The zero-order valence-electron chi connectivity index (χ0n) is 27.9. The van der Waals surface area contributed by atoms with Gasteiger partial charge in [0.2, 0.25) is 0 Å². The SMILES string of the molecule is C[C@H](Oc1cc(-c2nn(C)c3c(-c4cnn(CCOCC(=O)OC(C)(C)C)c4)cnc(N)c23)ccc1NS(=O)(=O)C(F)F)c1ccc(F)cc1. The molecular weight excluding hydrogens is 679 g/mol. The highest BCUT2D eigenvalue weighted by molar-refractivity contribution is 7.93. The first kappa shape index (κ1) is 36.1. The number of anilines is 2. The Morgan fingerprint density at radius 1 is 1.08 bits per heavy atom. The molecule has 0 spiro atoms. The fourth-order valence-electron chi connectivity index (χ4n) is 5.10. The highest BCUT2D eigenvalue weighted by Gasteiger charge is 2.27. The number of nitrogens with zero attached hydrogens (tertiary/aromatic N) is 5. The Morgan fingerprint density at radius 3 is 2.48 bits per heavy atom. The van der Waals surface area contributed by atoms with Crippen molar-refractivity contribution in [3.8, 4) is 28.1 Å². The molecule has 0 amide bonds. The summed E-state index contributed by atoms with van der Waals surface area (Å²) in [5.74, 6) is -4.55. The molecule has 50 heavy (non-hydrogen) atoms. The van der Waals surface area contributed by atoms with Crippen molar-refractivity contribution < 1.29 is 40.6 Å². The lowest BCUT2D eigenvalue weighted by Gasteiger charge is -2.19. The van der Waals surface area contributed by atoms with E-state index in [-0.39, 0.29) is 30.5 Å². The topological polar surface area (TPSA) is 165 Å². The number of benzene rings is 2. The van der Waals surface area contributed by atoms with E-state index in [1.54, 1.807) is 62.7 Å². The van der Waals surface area contributed by atoms with Gasteiger partial charge in [0.25, 0.3) is 10.0 Å². The number of alkyl halides is 2. The smallest absolute Gasteiger partial charge is 0.355 e. The number of esters is 1. The maximum atomic E-state index is 13.5. The lowest BCUT2D eigenvalue weighted by atomic mass is 10.0. The first-order chi connectivity index (χ1) is 23.5. The number of nitrogens with one attached hydrogen (secondary N) is 1. The molecule has 0 radical (unpaired) electrons. The number of pyridine rings is 1. The van der Waals surface area contributed by atoms with Crippen molar-refractivity contribution in [1.29, 1.82) is 0 Å². The Bertz CT molecular complexity index is 2110. The van der Waals surface area contributed by atoms with Gasteiger partial charge in [-0.15, -0.1) is 0 Å². The minimum atomic E-state index is -5.05. The zero-order chi connectivity index (χ0) is 36.4. The van der Waals surface area contributed by atoms with E-state index in [1.165, 1.54) is 42.5 Å². The van der Waals surface area contributed by atoms with E-state index in [9.17, 15) is 26.4 Å². The number of nitrogen functional groups attached to an aromatic ring is 1. The fraction of sp³-hybridized carbons (Fsp3) is 0.333. The predicted octanol–water partition coefficient (Wildman–Crippen LogP) is 5.68. The van der Waals surface area contributed by atoms with Gasteiger partial charge in [0, 0.05) is 36.1 Å². The average molecular weight is 716 g/mol. The number of aromatic nitrogens is 5. The average Bonchev–Trinajstić information content (AvgIpc) is 3.65. The molecule has 2 aromatic carbocycles. The lowest BCUT2D eigenvalue weighted by molar-refractivity contribution is -0.160. The van der Waals surface area contributed by atoms with E-state index >= 15 is 0 Å². The van der Waals surface area contributed by atoms with E-state index in [4.69, 9.17) is 19.9 Å². The van der Waals surface area contributed by atoms with Crippen LogP contribution in [0.2, 0.25) is 0 Å². The van der Waals surface area contributed by atoms with Gasteiger partial charge < -0.3 is 19.9 Å². The van der Waals surface area contributed by atoms with Crippen LogP contribution >= 0.6 is 0 Å². The van der Waals surface area contributed by atoms with E-state index in [0.717, 1.165) is 0 Å². The normalized spacial score (nSPS) is 12.7. The molecule has 0 fully saturated rings. The van der Waals surface area contributed by atoms with Crippen molar-refractivity contribution >= 4 is 38.4 Å². The molecule has 3 aromatic heterocycles. The van der Waals surface area contributed by atoms with Gasteiger partial charge in [0.1, 0.15) is 41.4 Å². The van der Waals surface area contributed by atoms with Crippen molar-refractivity contribution in [1.82, 2.24) is 24.5 Å². The van der Waals surface area contributed by atoms with Gasteiger partial charge in [0.05, 0.1) is 35.9 Å². The highest BCUT2D eigenvalue weighted by Crippen LogP contribution is 2.40. The van der Waals surface area contributed by atoms with Gasteiger partial charge in [-0.25, -0.2) is 22.6 Å². The molecule has 0 bridgehead atoms. The minimum absolute atomic E-state index is 0.0831. The van der Waals surface area contributed by atoms with Crippen LogP contribution in [0.15, 0.2) is 61.1 Å². The number of carbonyl (C=O) groups excluding carboxylic acids is 1. The van der Waals surface area contributed by atoms with Crippen LogP contribution in [0.5, 0.6) is 5.75 Å². The Balaban J connectivity index is 1.46. The van der Waals surface area contributed by atoms with Crippen molar-refractivity contribution in [2.45, 2.75) is 51.7 Å². The Kier molecular flexibility index (Phi) is 10.4. The van der Waals surface area contributed by atoms with E-state index in [0.29, 0.717) is 45.4 Å². The zero-order valence-corrected chi connectivity index (χ0v) is 28.7. The summed E-state index contributed by atoms with van der Waals surface area (Å²) in [5.41, 5.74) is 8.82. The van der Waals surface area contributed by atoms with Crippen LogP contribution < -0.4 is 15.2 Å². The van der Waals surface area contributed by atoms with Crippen LogP contribution in [0, 0.1) is 5.82 Å². The number of aryl methyl sites for hydroxylation is 1. The second-order valence-electron chi connectivity index (χ2n) is 12.3. The third-order valence-electron chi connectivity index (χ3n) is 7.33. The summed E-state index contributed by atoms with van der Waals surface area (Å²) in [6.45, 7) is 7.33. The first-order valence-corrected chi connectivity index (χ1v) is 16.9. The van der Waals surface area contributed by atoms with E-state index in [2.05, 4.69) is 15.2 Å². The van der Waals surface area contributed by atoms with Crippen molar-refractivity contribution in [2.75, 3.05) is 23.7 Å². The molecule has 3 N–H and O–H groups in total. The number of ether oxygens (including phenoxy) is 3. The van der Waals surface area contributed by atoms with Crippen LogP contribution in [0.4, 0.5) is 24.7 Å². The summed E-state index contributed by atoms with van der Waals surface area (Å²) < 4.78 is 86.3. The highest BCUT2D eigenvalue weighted by atomic mass is 32.2. The molecule has 0 aliphatic carbocycles. The van der Waals surface area contributed by atoms with Crippen LogP contribution in [0.25, 0.3) is 33.3 Å². The Labute approximate surface area is 286 Å². The third kappa shape index (κ3) is 8.34. The van der Waals surface area contributed by atoms with Gasteiger partial charge in [-0.2, -0.15) is 19.0 Å². The first-order valence-electron chi connectivity index (χ1n) is 15.3. The minimum Gasteiger partial charge on any atom is -0.484 e. The third-order valence-corrected chi connectivity index (χ3v) is 8.30. The van der Waals surface area contributed by atoms with Crippen molar-refractivity contribution in [3.63, 3.8) is 0 Å². The second-order valence-corrected chi connectivity index (χ2v) is 14.0. The monoisotopic (exact) mass is 715 g/mol. The van der Waals surface area contributed by atoms with Crippen molar-refractivity contribution in [3.05, 3.63) is 72.4 Å². The number of nitrogens with two attached hydrogens (primary N) is 1. The fourth-order valence-corrected chi connectivity index (χ4v) is 5.66. The van der Waals surface area contributed by atoms with Crippen LogP contribution in [0.1, 0.15) is 39.4 Å². The molecule has 0 aliphatic rings. The molecule has 0 unspecified atom stereocenters. The largest absolute Gasteiger partial charge is 0.484 e. The van der Waals surface area contributed by atoms with E-state index < -0.39 is 39.3 Å². The van der Waals surface area contributed by atoms with Gasteiger partial charge in [-0.1, -0.05) is 18.2 Å². The summed E-state index contributed by atoms with van der Waals surface area (Å²) in [5, 5.41) is 9.55. The standard InChI is InChI=1S/C33H36F3N7O6S/c1-19(20-6-9-23(34)10-7-20)48-26-14-21(8-11-25(26)41-50(45,46)32(35)36)29-28-30(42(5)40-29)24(16-38-31(28)37)22-15-39-43(17-22)12-13-47-18-27(44)49-33(2,3)4/h6-11,14-17,19,32,41H,12-13,18H2,1-5H3,(H2,37,38)/t19-/m0/s1. The number of fused-ring (bicyclic) bond motifs is 1. The van der Waals surface area contributed by atoms with Gasteiger partial charge in [-0.3, -0.25) is 14.1 Å². The summed E-state index contributed by atoms with van der Waals surface area (Å²) in [6.07, 6.45) is 4.27.